The molecule has 0 bridgehead atoms. The van der Waals surface area contributed by atoms with Crippen molar-refractivity contribution in [3.63, 3.8) is 0 Å². The Balaban J connectivity index is 1.95. The molecule has 2 aromatic rings. The summed E-state index contributed by atoms with van der Waals surface area (Å²) >= 11 is 4.83. The highest BCUT2D eigenvalue weighted by Crippen LogP contribution is 2.18. The van der Waals surface area contributed by atoms with Crippen molar-refractivity contribution in [3.05, 3.63) is 50.4 Å². The zero-order valence-corrected chi connectivity index (χ0v) is 12.5. The third-order valence-corrected chi connectivity index (χ3v) is 4.12. The van der Waals surface area contributed by atoms with Crippen molar-refractivity contribution in [2.75, 3.05) is 6.54 Å². The molecule has 0 radical (unpaired) electrons. The van der Waals surface area contributed by atoms with Crippen molar-refractivity contribution in [3.8, 4) is 0 Å². The average Bonchev–Trinajstić information content (AvgIpc) is 2.87. The molecule has 1 aromatic carbocycles. The van der Waals surface area contributed by atoms with Gasteiger partial charge in [0.15, 0.2) is 5.69 Å². The average molecular weight is 341 g/mol. The molecule has 0 saturated heterocycles. The standard InChI is InChI=1S/C13H13BrN2O2S/c14-10-4-2-1-3-9(10)7-18-13(17)11-8-19-12(16-11)5-6-15/h1-4,8H,5-7,15H2. The van der Waals surface area contributed by atoms with Crippen LogP contribution in [0.25, 0.3) is 0 Å². The molecule has 0 amide bonds. The first-order valence-corrected chi connectivity index (χ1v) is 7.43. The molecule has 1 aromatic heterocycles. The van der Waals surface area contributed by atoms with Gasteiger partial charge < -0.3 is 10.5 Å². The van der Waals surface area contributed by atoms with E-state index in [0.29, 0.717) is 18.7 Å². The van der Waals surface area contributed by atoms with Crippen molar-refractivity contribution in [2.24, 2.45) is 5.73 Å². The topological polar surface area (TPSA) is 65.2 Å². The van der Waals surface area contributed by atoms with Crippen molar-refractivity contribution in [1.82, 2.24) is 4.98 Å². The second kappa shape index (κ2) is 6.79. The largest absolute Gasteiger partial charge is 0.456 e. The molecule has 100 valence electrons. The Morgan fingerprint density at radius 2 is 2.21 bits per heavy atom. The molecular formula is C13H13BrN2O2S. The number of hydrogen-bond acceptors (Lipinski definition) is 5. The molecule has 0 aliphatic carbocycles. The van der Waals surface area contributed by atoms with Gasteiger partial charge in [-0.15, -0.1) is 11.3 Å². The summed E-state index contributed by atoms with van der Waals surface area (Å²) in [6, 6.07) is 7.62. The van der Waals surface area contributed by atoms with Crippen molar-refractivity contribution in [1.29, 1.82) is 0 Å². The minimum atomic E-state index is -0.407. The fourth-order valence-corrected chi connectivity index (χ4v) is 2.66. The fraction of sp³-hybridized carbons (Fsp3) is 0.231. The van der Waals surface area contributed by atoms with Gasteiger partial charge in [0.25, 0.3) is 0 Å². The van der Waals surface area contributed by atoms with Gasteiger partial charge in [-0.25, -0.2) is 9.78 Å². The number of thiazole rings is 1. The number of ether oxygens (including phenoxy) is 1. The highest BCUT2D eigenvalue weighted by molar-refractivity contribution is 9.10. The number of hydrogen-bond donors (Lipinski definition) is 1. The molecule has 2 N–H and O–H groups in total. The molecule has 0 spiro atoms. The molecule has 1 heterocycles. The van der Waals surface area contributed by atoms with Crippen molar-refractivity contribution < 1.29 is 9.53 Å². The second-order valence-corrected chi connectivity index (χ2v) is 5.63. The molecule has 0 fully saturated rings. The number of halogens is 1. The van der Waals surface area contributed by atoms with Crippen LogP contribution in [0.1, 0.15) is 21.1 Å². The molecule has 0 unspecified atom stereocenters. The maximum atomic E-state index is 11.8. The molecule has 0 saturated carbocycles. The minimum absolute atomic E-state index is 0.226. The molecule has 0 aliphatic heterocycles. The summed E-state index contributed by atoms with van der Waals surface area (Å²) in [4.78, 5) is 16.0. The van der Waals surface area contributed by atoms with Crippen LogP contribution in [-0.4, -0.2) is 17.5 Å². The van der Waals surface area contributed by atoms with E-state index in [1.165, 1.54) is 11.3 Å². The Labute approximate surface area is 123 Å². The fourth-order valence-electron chi connectivity index (χ4n) is 1.48. The summed E-state index contributed by atoms with van der Waals surface area (Å²) in [6.45, 7) is 0.753. The highest BCUT2D eigenvalue weighted by atomic mass is 79.9. The summed E-state index contributed by atoms with van der Waals surface area (Å²) < 4.78 is 6.15. The van der Waals surface area contributed by atoms with E-state index >= 15 is 0 Å². The van der Waals surface area contributed by atoms with Gasteiger partial charge in [-0.3, -0.25) is 0 Å². The van der Waals surface area contributed by atoms with Crippen LogP contribution in [0.2, 0.25) is 0 Å². The predicted octanol–water partition coefficient (Wildman–Crippen LogP) is 2.76. The molecule has 6 heteroatoms. The maximum Gasteiger partial charge on any atom is 0.358 e. The van der Waals surface area contributed by atoms with Gasteiger partial charge in [-0.1, -0.05) is 34.1 Å². The number of carbonyl (C=O) groups is 1. The van der Waals surface area contributed by atoms with E-state index in [4.69, 9.17) is 10.5 Å². The number of nitrogens with two attached hydrogens (primary N) is 1. The van der Waals surface area contributed by atoms with E-state index in [9.17, 15) is 4.79 Å². The van der Waals surface area contributed by atoms with E-state index in [1.807, 2.05) is 24.3 Å². The Bertz CT molecular complexity index is 571. The van der Waals surface area contributed by atoms with Gasteiger partial charge in [-0.2, -0.15) is 0 Å². The molecule has 0 aliphatic rings. The van der Waals surface area contributed by atoms with Crippen LogP contribution < -0.4 is 5.73 Å². The van der Waals surface area contributed by atoms with Crippen LogP contribution in [0.5, 0.6) is 0 Å². The number of esters is 1. The molecule has 0 atom stereocenters. The smallest absolute Gasteiger partial charge is 0.358 e. The summed E-state index contributed by atoms with van der Waals surface area (Å²) in [5, 5.41) is 2.56. The van der Waals surface area contributed by atoms with E-state index in [0.717, 1.165) is 15.0 Å². The summed E-state index contributed by atoms with van der Waals surface area (Å²) in [6.07, 6.45) is 0.683. The first kappa shape index (κ1) is 14.2. The summed E-state index contributed by atoms with van der Waals surface area (Å²) in [5.74, 6) is -0.407. The first-order chi connectivity index (χ1) is 9.20. The van der Waals surface area contributed by atoms with Gasteiger partial charge >= 0.3 is 5.97 Å². The number of carbonyl (C=O) groups excluding carboxylic acids is 1. The number of benzene rings is 1. The van der Waals surface area contributed by atoms with Crippen molar-refractivity contribution in [2.45, 2.75) is 13.0 Å². The Kier molecular flexibility index (Phi) is 5.07. The van der Waals surface area contributed by atoms with Gasteiger partial charge in [0.05, 0.1) is 5.01 Å². The lowest BCUT2D eigenvalue weighted by Crippen LogP contribution is -2.07. The van der Waals surface area contributed by atoms with Crippen molar-refractivity contribution >= 4 is 33.2 Å². The van der Waals surface area contributed by atoms with Gasteiger partial charge in [0, 0.05) is 21.8 Å². The third-order valence-electron chi connectivity index (χ3n) is 2.44. The van der Waals surface area contributed by atoms with E-state index in [1.54, 1.807) is 5.38 Å². The molecule has 19 heavy (non-hydrogen) atoms. The third kappa shape index (κ3) is 3.86. The van der Waals surface area contributed by atoms with Crippen LogP contribution >= 0.6 is 27.3 Å². The SMILES string of the molecule is NCCc1nc(C(=O)OCc2ccccc2Br)cs1. The predicted molar refractivity (Wildman–Crippen MR) is 78.1 cm³/mol. The Hall–Kier alpha value is -1.24. The zero-order chi connectivity index (χ0) is 13.7. The van der Waals surface area contributed by atoms with Crippen LogP contribution in [0, 0.1) is 0 Å². The maximum absolute atomic E-state index is 11.8. The highest BCUT2D eigenvalue weighted by Gasteiger charge is 2.12. The van der Waals surface area contributed by atoms with E-state index in [-0.39, 0.29) is 6.61 Å². The zero-order valence-electron chi connectivity index (χ0n) is 10.1. The molecule has 4 nitrogen and oxygen atoms in total. The monoisotopic (exact) mass is 340 g/mol. The van der Waals surface area contributed by atoms with Crippen LogP contribution in [0.4, 0.5) is 0 Å². The van der Waals surface area contributed by atoms with Crippen LogP contribution in [0.15, 0.2) is 34.1 Å². The summed E-state index contributed by atoms with van der Waals surface area (Å²) in [7, 11) is 0. The van der Waals surface area contributed by atoms with Gasteiger partial charge in [0.2, 0.25) is 0 Å². The minimum Gasteiger partial charge on any atom is -0.456 e. The Morgan fingerprint density at radius 3 is 2.95 bits per heavy atom. The number of aromatic nitrogens is 1. The first-order valence-electron chi connectivity index (χ1n) is 5.75. The lowest BCUT2D eigenvalue weighted by molar-refractivity contribution is 0.0465. The lowest BCUT2D eigenvalue weighted by Gasteiger charge is -2.04. The second-order valence-electron chi connectivity index (χ2n) is 3.83. The normalized spacial score (nSPS) is 10.4. The van der Waals surface area contributed by atoms with Gasteiger partial charge in [0.1, 0.15) is 6.61 Å². The lowest BCUT2D eigenvalue weighted by atomic mass is 10.2. The summed E-state index contributed by atoms with van der Waals surface area (Å²) in [5.41, 5.74) is 6.71. The van der Waals surface area contributed by atoms with Gasteiger partial charge in [-0.05, 0) is 12.6 Å². The molecule has 2 rings (SSSR count). The Morgan fingerprint density at radius 1 is 1.42 bits per heavy atom. The quantitative estimate of drug-likeness (QED) is 0.850. The molecular weight excluding hydrogens is 328 g/mol. The number of nitrogens with zero attached hydrogens (tertiary/aromatic N) is 1. The van der Waals surface area contributed by atoms with E-state index < -0.39 is 5.97 Å². The van der Waals surface area contributed by atoms with Crippen LogP contribution in [-0.2, 0) is 17.8 Å². The number of rotatable bonds is 5. The van der Waals surface area contributed by atoms with E-state index in [2.05, 4.69) is 20.9 Å². The van der Waals surface area contributed by atoms with Crippen LogP contribution in [0.3, 0.4) is 0 Å².